The zero-order valence-corrected chi connectivity index (χ0v) is 28.5. The highest BCUT2D eigenvalue weighted by molar-refractivity contribution is 7.99. The molecule has 11 heteroatoms. The Labute approximate surface area is 278 Å². The summed E-state index contributed by atoms with van der Waals surface area (Å²) < 4.78 is 0. The molecule has 0 aromatic heterocycles. The highest BCUT2D eigenvalue weighted by atomic mass is 32.2. The number of thioether (sulfide) groups is 1. The maximum Gasteiger partial charge on any atom is 0.224 e. The van der Waals surface area contributed by atoms with Gasteiger partial charge in [-0.3, -0.25) is 4.79 Å². The van der Waals surface area contributed by atoms with Crippen LogP contribution in [0.5, 0.6) is 0 Å². The van der Waals surface area contributed by atoms with Crippen LogP contribution in [-0.4, -0.2) is 107 Å². The standard InChI is InChI=1S/C35H55N3O7S/c1-5-7-16-35(6-2)22-46-29-15-14-25(38(3)4)19-26(29)31(34(35)45)23-11-10-12-24(18-23)37-30(42)13-8-9-17-36-20-27(40)32(43)33(44)28(41)21-39/h10-12,14-15,18-19,27-28,31-34,36,39-41,43-45H,5-9,13,16-17,20-22H2,1-4H3,(H,37,42)/t27-,28?,31?,32+,33+,34?,35-/m0/s1. The van der Waals surface area contributed by atoms with Crippen LogP contribution < -0.4 is 15.5 Å². The SMILES string of the molecule is CCCC[C@@]1(CC)CSc2ccc(N(C)C)cc2C(c2cccc(NC(=O)CCCCNC[C@H](O)[C@@H](O)[C@H](O)C(O)CO)c2)C1O. The van der Waals surface area contributed by atoms with E-state index in [-0.39, 0.29) is 23.8 Å². The number of rotatable bonds is 18. The average molecular weight is 662 g/mol. The molecular weight excluding hydrogens is 606 g/mol. The first-order valence-corrected chi connectivity index (χ1v) is 17.5. The fourth-order valence-corrected chi connectivity index (χ4v) is 7.60. The minimum Gasteiger partial charge on any atom is -0.394 e. The van der Waals surface area contributed by atoms with Crippen molar-refractivity contribution < 1.29 is 35.4 Å². The number of amides is 1. The lowest BCUT2D eigenvalue weighted by Gasteiger charge is -2.40. The summed E-state index contributed by atoms with van der Waals surface area (Å²) in [6.07, 6.45) is -1.20. The van der Waals surface area contributed by atoms with Gasteiger partial charge in [0.15, 0.2) is 0 Å². The summed E-state index contributed by atoms with van der Waals surface area (Å²) in [4.78, 5) is 16.1. The number of hydrogen-bond donors (Lipinski definition) is 8. The summed E-state index contributed by atoms with van der Waals surface area (Å²) in [5, 5.41) is 66.2. The minimum absolute atomic E-state index is 0.0161. The monoisotopic (exact) mass is 661 g/mol. The molecule has 3 rings (SSSR count). The molecule has 0 spiro atoms. The molecule has 0 bridgehead atoms. The second-order valence-electron chi connectivity index (χ2n) is 12.8. The normalized spacial score (nSPS) is 22.3. The number of aliphatic hydroxyl groups is 6. The number of nitrogens with one attached hydrogen (secondary N) is 2. The van der Waals surface area contributed by atoms with Crippen LogP contribution in [0.3, 0.4) is 0 Å². The molecular formula is C35H55N3O7S. The molecule has 258 valence electrons. The van der Waals surface area contributed by atoms with Crippen LogP contribution in [-0.2, 0) is 4.79 Å². The van der Waals surface area contributed by atoms with E-state index in [1.807, 2.05) is 50.1 Å². The van der Waals surface area contributed by atoms with Gasteiger partial charge >= 0.3 is 0 Å². The average Bonchev–Trinajstić information content (AvgIpc) is 3.17. The first kappa shape index (κ1) is 38.2. The number of aliphatic hydroxyl groups excluding tert-OH is 6. The first-order valence-electron chi connectivity index (χ1n) is 16.5. The van der Waals surface area contributed by atoms with Gasteiger partial charge in [-0.05, 0) is 73.7 Å². The van der Waals surface area contributed by atoms with Crippen LogP contribution in [0.2, 0.25) is 0 Å². The molecule has 1 aliphatic heterocycles. The maximum absolute atomic E-state index is 12.9. The van der Waals surface area contributed by atoms with Gasteiger partial charge in [-0.25, -0.2) is 0 Å². The molecule has 0 radical (unpaired) electrons. The van der Waals surface area contributed by atoms with E-state index in [0.717, 1.165) is 48.3 Å². The second kappa shape index (κ2) is 18.4. The molecule has 8 N–H and O–H groups in total. The molecule has 0 fully saturated rings. The topological polar surface area (TPSA) is 166 Å². The molecule has 2 aromatic rings. The maximum atomic E-state index is 12.9. The smallest absolute Gasteiger partial charge is 0.224 e. The number of unbranched alkanes of at least 4 members (excludes halogenated alkanes) is 2. The molecule has 0 saturated heterocycles. The number of carbonyl (C=O) groups excluding carboxylic acids is 1. The predicted molar refractivity (Wildman–Crippen MR) is 184 cm³/mol. The van der Waals surface area contributed by atoms with Gasteiger partial charge in [-0.1, -0.05) is 38.8 Å². The quantitative estimate of drug-likeness (QED) is 0.111. The Morgan fingerprint density at radius 2 is 1.76 bits per heavy atom. The summed E-state index contributed by atoms with van der Waals surface area (Å²) in [6.45, 7) is 4.11. The Bertz CT molecular complexity index is 1230. The van der Waals surface area contributed by atoms with Crippen molar-refractivity contribution in [1.82, 2.24) is 5.32 Å². The summed E-state index contributed by atoms with van der Waals surface area (Å²) >= 11 is 1.84. The summed E-state index contributed by atoms with van der Waals surface area (Å²) in [5.41, 5.74) is 3.62. The molecule has 3 unspecified atom stereocenters. The van der Waals surface area contributed by atoms with E-state index < -0.39 is 37.1 Å². The third-order valence-electron chi connectivity index (χ3n) is 9.25. The molecule has 0 saturated carbocycles. The highest BCUT2D eigenvalue weighted by Gasteiger charge is 2.44. The molecule has 2 aromatic carbocycles. The number of carbonyl (C=O) groups is 1. The number of nitrogens with zero attached hydrogens (tertiary/aromatic N) is 1. The van der Waals surface area contributed by atoms with Crippen molar-refractivity contribution in [2.24, 2.45) is 5.41 Å². The Balaban J connectivity index is 1.66. The van der Waals surface area contributed by atoms with Gasteiger partial charge in [0.1, 0.15) is 18.3 Å². The highest BCUT2D eigenvalue weighted by Crippen LogP contribution is 2.51. The van der Waals surface area contributed by atoms with Crippen LogP contribution in [0.25, 0.3) is 0 Å². The Kier molecular flexibility index (Phi) is 15.3. The van der Waals surface area contributed by atoms with Gasteiger partial charge in [0.05, 0.1) is 18.8 Å². The minimum atomic E-state index is -1.66. The predicted octanol–water partition coefficient (Wildman–Crippen LogP) is 3.07. The lowest BCUT2D eigenvalue weighted by Crippen LogP contribution is -2.49. The number of hydrogen-bond acceptors (Lipinski definition) is 10. The second-order valence-corrected chi connectivity index (χ2v) is 13.8. The third kappa shape index (κ3) is 9.90. The Hall–Kier alpha value is -2.22. The van der Waals surface area contributed by atoms with Crippen molar-refractivity contribution in [3.8, 4) is 0 Å². The third-order valence-corrected chi connectivity index (χ3v) is 10.7. The van der Waals surface area contributed by atoms with E-state index in [1.54, 1.807) is 0 Å². The van der Waals surface area contributed by atoms with Gasteiger partial charge in [0.2, 0.25) is 5.91 Å². The van der Waals surface area contributed by atoms with Crippen LogP contribution in [0.1, 0.15) is 75.8 Å². The molecule has 46 heavy (non-hydrogen) atoms. The van der Waals surface area contributed by atoms with E-state index >= 15 is 0 Å². The molecule has 1 aliphatic rings. The Morgan fingerprint density at radius 1 is 1.02 bits per heavy atom. The van der Waals surface area contributed by atoms with Crippen molar-refractivity contribution >= 4 is 29.0 Å². The summed E-state index contributed by atoms with van der Waals surface area (Å²) in [7, 11) is 4.04. The van der Waals surface area contributed by atoms with Gasteiger partial charge in [0, 0.05) is 60.4 Å². The number of fused-ring (bicyclic) bond motifs is 1. The largest absolute Gasteiger partial charge is 0.394 e. The van der Waals surface area contributed by atoms with Crippen molar-refractivity contribution in [1.29, 1.82) is 0 Å². The number of benzene rings is 2. The van der Waals surface area contributed by atoms with Gasteiger partial charge in [-0.2, -0.15) is 0 Å². The van der Waals surface area contributed by atoms with Crippen LogP contribution in [0.15, 0.2) is 47.4 Å². The van der Waals surface area contributed by atoms with Crippen molar-refractivity contribution in [2.75, 3.05) is 49.8 Å². The number of anilines is 2. The zero-order valence-electron chi connectivity index (χ0n) is 27.7. The summed E-state index contributed by atoms with van der Waals surface area (Å²) in [6, 6.07) is 14.3. The molecule has 10 nitrogen and oxygen atoms in total. The molecule has 0 aliphatic carbocycles. The lowest BCUT2D eigenvalue weighted by molar-refractivity contribution is -0.116. The van der Waals surface area contributed by atoms with Crippen LogP contribution in [0, 0.1) is 5.41 Å². The van der Waals surface area contributed by atoms with Crippen LogP contribution >= 0.6 is 11.8 Å². The molecule has 1 heterocycles. The summed E-state index contributed by atoms with van der Waals surface area (Å²) in [5.74, 6) is 0.494. The van der Waals surface area contributed by atoms with E-state index in [1.165, 1.54) is 4.90 Å². The van der Waals surface area contributed by atoms with E-state index in [0.29, 0.717) is 31.5 Å². The van der Waals surface area contributed by atoms with Crippen molar-refractivity contribution in [3.05, 3.63) is 53.6 Å². The fraction of sp³-hybridized carbons (Fsp3) is 0.629. The van der Waals surface area contributed by atoms with Crippen LogP contribution in [0.4, 0.5) is 11.4 Å². The van der Waals surface area contributed by atoms with Crippen molar-refractivity contribution in [3.63, 3.8) is 0 Å². The van der Waals surface area contributed by atoms with Gasteiger partial charge in [0.25, 0.3) is 0 Å². The van der Waals surface area contributed by atoms with Gasteiger partial charge in [-0.15, -0.1) is 11.8 Å². The van der Waals surface area contributed by atoms with E-state index in [4.69, 9.17) is 5.11 Å². The molecule has 1 amide bonds. The zero-order chi connectivity index (χ0) is 33.9. The van der Waals surface area contributed by atoms with Crippen molar-refractivity contribution in [2.45, 2.75) is 100 Å². The first-order chi connectivity index (χ1) is 22.0. The molecule has 7 atom stereocenters. The van der Waals surface area contributed by atoms with E-state index in [2.05, 4.69) is 47.6 Å². The Morgan fingerprint density at radius 3 is 2.43 bits per heavy atom. The van der Waals surface area contributed by atoms with Gasteiger partial charge < -0.3 is 46.2 Å². The lowest BCUT2D eigenvalue weighted by atomic mass is 9.69. The fourth-order valence-electron chi connectivity index (χ4n) is 6.12. The van der Waals surface area contributed by atoms with E-state index in [9.17, 15) is 30.3 Å².